The molecule has 1 N–H and O–H groups in total. The molecular formula is C16H19N3O. The Balaban J connectivity index is 1.92. The molecule has 0 spiro atoms. The van der Waals surface area contributed by atoms with Gasteiger partial charge in [0.25, 0.3) is 5.91 Å². The first-order valence-corrected chi connectivity index (χ1v) is 7.09. The van der Waals surface area contributed by atoms with E-state index in [1.54, 1.807) is 6.20 Å². The van der Waals surface area contributed by atoms with Crippen LogP contribution in [0, 0.1) is 0 Å². The van der Waals surface area contributed by atoms with Crippen molar-refractivity contribution >= 4 is 16.8 Å². The van der Waals surface area contributed by atoms with E-state index in [2.05, 4.69) is 10.3 Å². The van der Waals surface area contributed by atoms with E-state index in [1.807, 2.05) is 42.3 Å². The number of piperidine rings is 1. The number of amides is 1. The van der Waals surface area contributed by atoms with Crippen LogP contribution in [0.3, 0.4) is 0 Å². The summed E-state index contributed by atoms with van der Waals surface area (Å²) in [7, 11) is 1.90. The van der Waals surface area contributed by atoms with Gasteiger partial charge in [0.1, 0.15) is 0 Å². The molecule has 0 saturated carbocycles. The number of carbonyl (C=O) groups excluding carboxylic acids is 1. The van der Waals surface area contributed by atoms with Crippen molar-refractivity contribution in [2.75, 3.05) is 20.1 Å². The molecule has 0 aliphatic carbocycles. The zero-order chi connectivity index (χ0) is 13.9. The van der Waals surface area contributed by atoms with E-state index in [0.717, 1.165) is 36.8 Å². The largest absolute Gasteiger partial charge is 0.339 e. The van der Waals surface area contributed by atoms with Crippen molar-refractivity contribution < 1.29 is 4.79 Å². The smallest absolute Gasteiger partial charge is 0.256 e. The molecule has 0 bridgehead atoms. The topological polar surface area (TPSA) is 45.2 Å². The van der Waals surface area contributed by atoms with Crippen LogP contribution >= 0.6 is 0 Å². The molecule has 1 fully saturated rings. The Morgan fingerprint density at radius 2 is 2.00 bits per heavy atom. The van der Waals surface area contributed by atoms with Crippen LogP contribution in [0.1, 0.15) is 23.2 Å². The number of hydrogen-bond acceptors (Lipinski definition) is 3. The molecule has 1 amide bonds. The number of rotatable bonds is 2. The fourth-order valence-corrected chi connectivity index (χ4v) is 2.83. The van der Waals surface area contributed by atoms with Crippen LogP contribution in [0.15, 0.2) is 36.5 Å². The van der Waals surface area contributed by atoms with E-state index in [1.165, 1.54) is 0 Å². The number of pyridine rings is 1. The van der Waals surface area contributed by atoms with Crippen molar-refractivity contribution in [1.82, 2.24) is 15.2 Å². The van der Waals surface area contributed by atoms with E-state index >= 15 is 0 Å². The minimum absolute atomic E-state index is 0.0706. The fourth-order valence-electron chi connectivity index (χ4n) is 2.83. The molecule has 0 atom stereocenters. The highest BCUT2D eigenvalue weighted by Gasteiger charge is 2.24. The molecular weight excluding hydrogens is 250 g/mol. The molecule has 3 rings (SSSR count). The van der Waals surface area contributed by atoms with Gasteiger partial charge in [-0.05, 0) is 38.1 Å². The summed E-state index contributed by atoms with van der Waals surface area (Å²) in [5, 5.41) is 4.34. The minimum atomic E-state index is 0.0706. The van der Waals surface area contributed by atoms with Crippen LogP contribution in [-0.4, -0.2) is 42.0 Å². The Morgan fingerprint density at radius 1 is 1.25 bits per heavy atom. The van der Waals surface area contributed by atoms with Crippen LogP contribution in [0.4, 0.5) is 0 Å². The summed E-state index contributed by atoms with van der Waals surface area (Å²) in [4.78, 5) is 19.0. The number of benzene rings is 1. The van der Waals surface area contributed by atoms with Gasteiger partial charge in [0, 0.05) is 24.7 Å². The van der Waals surface area contributed by atoms with Gasteiger partial charge in [-0.1, -0.05) is 18.2 Å². The average Bonchev–Trinajstić information content (AvgIpc) is 2.54. The van der Waals surface area contributed by atoms with Gasteiger partial charge >= 0.3 is 0 Å². The second-order valence-corrected chi connectivity index (χ2v) is 5.28. The normalized spacial score (nSPS) is 16.2. The summed E-state index contributed by atoms with van der Waals surface area (Å²) < 4.78 is 0. The van der Waals surface area contributed by atoms with Crippen LogP contribution in [0.5, 0.6) is 0 Å². The third-order valence-electron chi connectivity index (χ3n) is 4.04. The predicted molar refractivity (Wildman–Crippen MR) is 79.7 cm³/mol. The van der Waals surface area contributed by atoms with Crippen molar-refractivity contribution in [1.29, 1.82) is 0 Å². The van der Waals surface area contributed by atoms with E-state index in [9.17, 15) is 4.79 Å². The molecule has 1 saturated heterocycles. The number of nitrogens with zero attached hydrogens (tertiary/aromatic N) is 2. The molecule has 20 heavy (non-hydrogen) atoms. The summed E-state index contributed by atoms with van der Waals surface area (Å²) in [5.74, 6) is 0.0706. The summed E-state index contributed by atoms with van der Waals surface area (Å²) >= 11 is 0. The zero-order valence-electron chi connectivity index (χ0n) is 11.7. The van der Waals surface area contributed by atoms with Gasteiger partial charge in [-0.25, -0.2) is 0 Å². The second-order valence-electron chi connectivity index (χ2n) is 5.28. The monoisotopic (exact) mass is 269 g/mol. The van der Waals surface area contributed by atoms with Crippen molar-refractivity contribution in [2.45, 2.75) is 18.9 Å². The summed E-state index contributed by atoms with van der Waals surface area (Å²) in [6.07, 6.45) is 3.77. The van der Waals surface area contributed by atoms with Crippen LogP contribution < -0.4 is 5.32 Å². The Morgan fingerprint density at radius 3 is 2.80 bits per heavy atom. The van der Waals surface area contributed by atoms with Crippen LogP contribution in [-0.2, 0) is 0 Å². The molecule has 4 heteroatoms. The van der Waals surface area contributed by atoms with Crippen molar-refractivity contribution in [3.63, 3.8) is 0 Å². The number of para-hydroxylation sites is 1. The zero-order valence-corrected chi connectivity index (χ0v) is 11.7. The number of nitrogens with one attached hydrogen (secondary N) is 1. The molecule has 4 nitrogen and oxygen atoms in total. The minimum Gasteiger partial charge on any atom is -0.339 e. The Kier molecular flexibility index (Phi) is 3.65. The first-order chi connectivity index (χ1) is 9.77. The van der Waals surface area contributed by atoms with Gasteiger partial charge in [-0.3, -0.25) is 9.78 Å². The van der Waals surface area contributed by atoms with Gasteiger partial charge < -0.3 is 10.2 Å². The molecule has 2 heterocycles. The molecule has 104 valence electrons. The van der Waals surface area contributed by atoms with E-state index < -0.39 is 0 Å². The maximum atomic E-state index is 12.7. The standard InChI is InChI=1S/C16H19N3O/c1-19(13-7-10-17-11-8-13)16(20)14-6-2-4-12-5-3-9-18-15(12)14/h2-6,9,13,17H,7-8,10-11H2,1H3. The van der Waals surface area contributed by atoms with E-state index in [4.69, 9.17) is 0 Å². The number of fused-ring (bicyclic) bond motifs is 1. The van der Waals surface area contributed by atoms with Gasteiger partial charge in [0.2, 0.25) is 0 Å². The average molecular weight is 269 g/mol. The van der Waals surface area contributed by atoms with Gasteiger partial charge in [0.05, 0.1) is 11.1 Å². The Hall–Kier alpha value is -1.94. The highest BCUT2D eigenvalue weighted by Crippen LogP contribution is 2.20. The lowest BCUT2D eigenvalue weighted by Crippen LogP contribution is -2.44. The molecule has 0 radical (unpaired) electrons. The van der Waals surface area contributed by atoms with Gasteiger partial charge in [-0.2, -0.15) is 0 Å². The molecule has 2 aromatic rings. The summed E-state index contributed by atoms with van der Waals surface area (Å²) in [5.41, 5.74) is 1.49. The SMILES string of the molecule is CN(C(=O)c1cccc2cccnc12)C1CCNCC1. The van der Waals surface area contributed by atoms with Crippen molar-refractivity contribution in [2.24, 2.45) is 0 Å². The lowest BCUT2D eigenvalue weighted by Gasteiger charge is -2.31. The number of aromatic nitrogens is 1. The highest BCUT2D eigenvalue weighted by molar-refractivity contribution is 6.05. The van der Waals surface area contributed by atoms with E-state index in [0.29, 0.717) is 11.6 Å². The molecule has 0 unspecified atom stereocenters. The molecule has 1 aromatic heterocycles. The highest BCUT2D eigenvalue weighted by atomic mass is 16.2. The number of carbonyl (C=O) groups is 1. The maximum Gasteiger partial charge on any atom is 0.256 e. The molecule has 1 aliphatic rings. The maximum absolute atomic E-state index is 12.7. The van der Waals surface area contributed by atoms with Crippen molar-refractivity contribution in [3.05, 3.63) is 42.1 Å². The summed E-state index contributed by atoms with van der Waals surface area (Å²) in [6, 6.07) is 9.99. The van der Waals surface area contributed by atoms with Crippen LogP contribution in [0.2, 0.25) is 0 Å². The lowest BCUT2D eigenvalue weighted by molar-refractivity contribution is 0.0705. The number of hydrogen-bond donors (Lipinski definition) is 1. The third-order valence-corrected chi connectivity index (χ3v) is 4.04. The molecule has 1 aliphatic heterocycles. The molecule has 1 aromatic carbocycles. The summed E-state index contributed by atoms with van der Waals surface area (Å²) in [6.45, 7) is 1.96. The Bertz CT molecular complexity index is 615. The quantitative estimate of drug-likeness (QED) is 0.907. The predicted octanol–water partition coefficient (Wildman–Crippen LogP) is 2.06. The second kappa shape index (κ2) is 5.59. The van der Waals surface area contributed by atoms with Gasteiger partial charge in [0.15, 0.2) is 0 Å². The first-order valence-electron chi connectivity index (χ1n) is 7.09. The van der Waals surface area contributed by atoms with Crippen LogP contribution in [0.25, 0.3) is 10.9 Å². The van der Waals surface area contributed by atoms with E-state index in [-0.39, 0.29) is 5.91 Å². The lowest BCUT2D eigenvalue weighted by atomic mass is 10.0. The first kappa shape index (κ1) is 13.1. The third kappa shape index (κ3) is 2.39. The Labute approximate surface area is 118 Å². The van der Waals surface area contributed by atoms with Gasteiger partial charge in [-0.15, -0.1) is 0 Å². The fraction of sp³-hybridized carbons (Fsp3) is 0.375. The van der Waals surface area contributed by atoms with Crippen molar-refractivity contribution in [3.8, 4) is 0 Å².